The van der Waals surface area contributed by atoms with E-state index in [1.54, 1.807) is 7.11 Å². The molecule has 1 unspecified atom stereocenters. The smallest absolute Gasteiger partial charge is 0.118 e. The number of halogens is 1. The quantitative estimate of drug-likeness (QED) is 0.880. The van der Waals surface area contributed by atoms with Crippen LogP contribution in [0, 0.1) is 6.92 Å². The molecule has 0 bridgehead atoms. The summed E-state index contributed by atoms with van der Waals surface area (Å²) in [4.78, 5) is 0. The molecule has 0 spiro atoms. The number of aliphatic hydroxyl groups excluding tert-OH is 1. The highest BCUT2D eigenvalue weighted by molar-refractivity contribution is 6.33. The molecule has 0 saturated carbocycles. The maximum atomic E-state index is 10.1. The first-order chi connectivity index (χ1) is 9.60. The van der Waals surface area contributed by atoms with Gasteiger partial charge in [0.25, 0.3) is 0 Å². The van der Waals surface area contributed by atoms with Crippen LogP contribution < -0.4 is 10.1 Å². The van der Waals surface area contributed by atoms with Crippen LogP contribution in [0.5, 0.6) is 5.75 Å². The highest BCUT2D eigenvalue weighted by atomic mass is 35.5. The van der Waals surface area contributed by atoms with Crippen molar-refractivity contribution in [1.82, 2.24) is 0 Å². The summed E-state index contributed by atoms with van der Waals surface area (Å²) in [6.45, 7) is 2.39. The maximum Gasteiger partial charge on any atom is 0.118 e. The Kier molecular flexibility index (Phi) is 4.88. The van der Waals surface area contributed by atoms with E-state index < -0.39 is 6.10 Å². The van der Waals surface area contributed by atoms with Crippen LogP contribution in [0.15, 0.2) is 42.5 Å². The van der Waals surface area contributed by atoms with E-state index in [-0.39, 0.29) is 0 Å². The van der Waals surface area contributed by atoms with Crippen LogP contribution in [0.25, 0.3) is 0 Å². The van der Waals surface area contributed by atoms with Crippen LogP contribution in [0.4, 0.5) is 5.69 Å². The van der Waals surface area contributed by atoms with Gasteiger partial charge in [-0.15, -0.1) is 0 Å². The lowest BCUT2D eigenvalue weighted by atomic mass is 10.1. The van der Waals surface area contributed by atoms with E-state index in [9.17, 15) is 5.11 Å². The van der Waals surface area contributed by atoms with Crippen molar-refractivity contribution in [2.24, 2.45) is 0 Å². The molecule has 1 atom stereocenters. The van der Waals surface area contributed by atoms with Crippen LogP contribution in [0.2, 0.25) is 5.02 Å². The Bertz CT molecular complexity index is 569. The lowest BCUT2D eigenvalue weighted by Crippen LogP contribution is -2.12. The topological polar surface area (TPSA) is 41.5 Å². The summed E-state index contributed by atoms with van der Waals surface area (Å²) < 4.78 is 5.09. The Morgan fingerprint density at radius 2 is 1.90 bits per heavy atom. The molecule has 20 heavy (non-hydrogen) atoms. The van der Waals surface area contributed by atoms with Gasteiger partial charge in [-0.3, -0.25) is 0 Å². The third-order valence-electron chi connectivity index (χ3n) is 3.11. The molecule has 0 aliphatic heterocycles. The van der Waals surface area contributed by atoms with E-state index in [4.69, 9.17) is 16.3 Å². The number of rotatable bonds is 5. The third kappa shape index (κ3) is 3.65. The average Bonchev–Trinajstić information content (AvgIpc) is 2.46. The minimum absolute atomic E-state index is 0.398. The molecule has 0 radical (unpaired) electrons. The number of anilines is 1. The Labute approximate surface area is 124 Å². The summed E-state index contributed by atoms with van der Waals surface area (Å²) in [7, 11) is 1.62. The van der Waals surface area contributed by atoms with Gasteiger partial charge in [-0.05, 0) is 42.3 Å². The van der Waals surface area contributed by atoms with E-state index in [0.29, 0.717) is 11.6 Å². The van der Waals surface area contributed by atoms with Crippen molar-refractivity contribution in [3.05, 3.63) is 58.6 Å². The molecule has 2 rings (SSSR count). The number of ether oxygens (including phenoxy) is 1. The molecule has 2 aromatic carbocycles. The molecule has 0 aliphatic rings. The number of methoxy groups -OCH3 is 1. The minimum Gasteiger partial charge on any atom is -0.497 e. The van der Waals surface area contributed by atoms with Crippen LogP contribution in [-0.4, -0.2) is 18.8 Å². The van der Waals surface area contributed by atoms with Gasteiger partial charge >= 0.3 is 0 Å². The largest absolute Gasteiger partial charge is 0.497 e. The Hall–Kier alpha value is -1.71. The van der Waals surface area contributed by atoms with Crippen molar-refractivity contribution < 1.29 is 9.84 Å². The second-order valence-electron chi connectivity index (χ2n) is 4.65. The molecule has 0 aliphatic carbocycles. The predicted molar refractivity (Wildman–Crippen MR) is 82.6 cm³/mol. The molecule has 3 nitrogen and oxygen atoms in total. The van der Waals surface area contributed by atoms with E-state index in [1.807, 2.05) is 49.4 Å². The predicted octanol–water partition coefficient (Wildman–Crippen LogP) is 3.80. The second-order valence-corrected chi connectivity index (χ2v) is 5.06. The molecule has 0 amide bonds. The van der Waals surface area contributed by atoms with Crippen LogP contribution in [0.3, 0.4) is 0 Å². The zero-order valence-electron chi connectivity index (χ0n) is 11.6. The van der Waals surface area contributed by atoms with Gasteiger partial charge in [0, 0.05) is 6.54 Å². The standard InChI is InChI=1S/C16H18ClNO2/c1-11-3-8-15(14(17)9-11)18-10-16(19)12-4-6-13(20-2)7-5-12/h3-9,16,18-19H,10H2,1-2H3. The van der Waals surface area contributed by atoms with E-state index in [1.165, 1.54) is 0 Å². The number of benzene rings is 2. The van der Waals surface area contributed by atoms with Crippen LogP contribution >= 0.6 is 11.6 Å². The number of hydrogen-bond donors (Lipinski definition) is 2. The van der Waals surface area contributed by atoms with Gasteiger partial charge < -0.3 is 15.2 Å². The summed E-state index contributed by atoms with van der Waals surface area (Å²) in [6, 6.07) is 13.1. The van der Waals surface area contributed by atoms with Crippen molar-refractivity contribution in [3.8, 4) is 5.75 Å². The Balaban J connectivity index is 1.98. The van der Waals surface area contributed by atoms with Gasteiger partial charge in [0.1, 0.15) is 5.75 Å². The van der Waals surface area contributed by atoms with Gasteiger partial charge in [-0.25, -0.2) is 0 Å². The summed E-state index contributed by atoms with van der Waals surface area (Å²) in [5.74, 6) is 0.774. The number of aliphatic hydroxyl groups is 1. The maximum absolute atomic E-state index is 10.1. The van der Waals surface area contributed by atoms with Gasteiger partial charge in [0.05, 0.1) is 23.9 Å². The van der Waals surface area contributed by atoms with Gasteiger partial charge in [-0.2, -0.15) is 0 Å². The normalized spacial score (nSPS) is 12.0. The number of aryl methyl sites for hydroxylation is 1. The molecule has 106 valence electrons. The Morgan fingerprint density at radius 3 is 2.50 bits per heavy atom. The van der Waals surface area contributed by atoms with Crippen molar-refractivity contribution in [3.63, 3.8) is 0 Å². The highest BCUT2D eigenvalue weighted by Crippen LogP contribution is 2.24. The molecule has 4 heteroatoms. The number of hydrogen-bond acceptors (Lipinski definition) is 3. The molecular formula is C16H18ClNO2. The molecule has 0 heterocycles. The van der Waals surface area contributed by atoms with Crippen molar-refractivity contribution in [2.45, 2.75) is 13.0 Å². The molecule has 0 saturated heterocycles. The molecule has 0 aromatic heterocycles. The third-order valence-corrected chi connectivity index (χ3v) is 3.42. The highest BCUT2D eigenvalue weighted by Gasteiger charge is 2.08. The molecular weight excluding hydrogens is 274 g/mol. The monoisotopic (exact) mass is 291 g/mol. The first kappa shape index (κ1) is 14.7. The van der Waals surface area contributed by atoms with Crippen LogP contribution in [0.1, 0.15) is 17.2 Å². The summed E-state index contributed by atoms with van der Waals surface area (Å²) in [5.41, 5.74) is 2.77. The Morgan fingerprint density at radius 1 is 1.20 bits per heavy atom. The fourth-order valence-corrected chi connectivity index (χ4v) is 2.22. The zero-order chi connectivity index (χ0) is 14.5. The lowest BCUT2D eigenvalue weighted by molar-refractivity contribution is 0.191. The van der Waals surface area contributed by atoms with Crippen molar-refractivity contribution in [2.75, 3.05) is 19.0 Å². The van der Waals surface area contributed by atoms with Gasteiger partial charge in [-0.1, -0.05) is 29.8 Å². The first-order valence-electron chi connectivity index (χ1n) is 6.42. The fourth-order valence-electron chi connectivity index (χ4n) is 1.91. The van der Waals surface area contributed by atoms with E-state index in [0.717, 1.165) is 22.6 Å². The fraction of sp³-hybridized carbons (Fsp3) is 0.250. The van der Waals surface area contributed by atoms with Crippen LogP contribution in [-0.2, 0) is 0 Å². The summed E-state index contributed by atoms with van der Waals surface area (Å²) in [6.07, 6.45) is -0.599. The second kappa shape index (κ2) is 6.64. The van der Waals surface area contributed by atoms with Gasteiger partial charge in [0.2, 0.25) is 0 Å². The van der Waals surface area contributed by atoms with E-state index >= 15 is 0 Å². The average molecular weight is 292 g/mol. The summed E-state index contributed by atoms with van der Waals surface area (Å²) >= 11 is 6.14. The SMILES string of the molecule is COc1ccc(C(O)CNc2ccc(C)cc2Cl)cc1. The zero-order valence-corrected chi connectivity index (χ0v) is 12.3. The first-order valence-corrected chi connectivity index (χ1v) is 6.80. The molecule has 0 fully saturated rings. The summed E-state index contributed by atoms with van der Waals surface area (Å²) in [5, 5.41) is 14.0. The van der Waals surface area contributed by atoms with E-state index in [2.05, 4.69) is 5.32 Å². The minimum atomic E-state index is -0.599. The molecule has 2 N–H and O–H groups in total. The molecule has 2 aromatic rings. The van der Waals surface area contributed by atoms with Crippen molar-refractivity contribution >= 4 is 17.3 Å². The van der Waals surface area contributed by atoms with Crippen molar-refractivity contribution in [1.29, 1.82) is 0 Å². The lowest BCUT2D eigenvalue weighted by Gasteiger charge is -2.14. The van der Waals surface area contributed by atoms with Gasteiger partial charge in [0.15, 0.2) is 0 Å². The number of nitrogens with one attached hydrogen (secondary N) is 1.